The van der Waals surface area contributed by atoms with Gasteiger partial charge in [0.15, 0.2) is 0 Å². The lowest BCUT2D eigenvalue weighted by Gasteiger charge is -2.20. The molecule has 0 amide bonds. The fraction of sp³-hybridized carbons (Fsp3) is 0.636. The molecule has 0 unspecified atom stereocenters. The molecule has 16 heavy (non-hydrogen) atoms. The van der Waals surface area contributed by atoms with E-state index < -0.39 is 0 Å². The van der Waals surface area contributed by atoms with E-state index in [0.717, 1.165) is 31.3 Å². The predicted molar refractivity (Wildman–Crippen MR) is 68.0 cm³/mol. The first-order valence-corrected chi connectivity index (χ1v) is 5.55. The van der Waals surface area contributed by atoms with Crippen LogP contribution in [0.5, 0.6) is 0 Å². The zero-order chi connectivity index (χ0) is 12.0. The Morgan fingerprint density at radius 3 is 2.56 bits per heavy atom. The van der Waals surface area contributed by atoms with Crippen LogP contribution in [-0.4, -0.2) is 55.6 Å². The second-order valence-electron chi connectivity index (χ2n) is 4.02. The third-order valence-electron chi connectivity index (χ3n) is 2.25. The largest absolute Gasteiger partial charge is 0.369 e. The van der Waals surface area contributed by atoms with Crippen molar-refractivity contribution in [3.8, 4) is 0 Å². The Bertz CT molecular complexity index is 313. The normalized spacial score (nSPS) is 10.6. The van der Waals surface area contributed by atoms with Crippen molar-refractivity contribution in [1.29, 1.82) is 0 Å². The molecule has 0 spiro atoms. The summed E-state index contributed by atoms with van der Waals surface area (Å²) in [6.07, 6.45) is 3.53. The quantitative estimate of drug-likeness (QED) is 0.776. The number of hydrogen-bond donors (Lipinski definition) is 1. The van der Waals surface area contributed by atoms with Crippen molar-refractivity contribution in [2.24, 2.45) is 0 Å². The molecule has 0 aliphatic carbocycles. The molecule has 1 rings (SSSR count). The molecule has 0 fully saturated rings. The molecule has 1 aromatic rings. The molecule has 0 aliphatic heterocycles. The topological polar surface area (TPSA) is 44.3 Å². The standard InChI is InChI=1S/C11H21N5/c1-5-13-10-8-12-9-11(14-10)16(4)7-6-15(2)3/h8-9H,5-7H2,1-4H3,(H,13,14). The van der Waals surface area contributed by atoms with E-state index in [-0.39, 0.29) is 0 Å². The monoisotopic (exact) mass is 223 g/mol. The average molecular weight is 223 g/mol. The van der Waals surface area contributed by atoms with E-state index in [1.807, 2.05) is 14.0 Å². The van der Waals surface area contributed by atoms with Crippen LogP contribution in [0.2, 0.25) is 0 Å². The minimum Gasteiger partial charge on any atom is -0.369 e. The second kappa shape index (κ2) is 6.27. The Balaban J connectivity index is 2.60. The Kier molecular flexibility index (Phi) is 4.98. The van der Waals surface area contributed by atoms with Crippen molar-refractivity contribution in [3.05, 3.63) is 12.4 Å². The van der Waals surface area contributed by atoms with Crippen molar-refractivity contribution >= 4 is 11.6 Å². The Morgan fingerprint density at radius 2 is 1.94 bits per heavy atom. The van der Waals surface area contributed by atoms with Crippen LogP contribution >= 0.6 is 0 Å². The van der Waals surface area contributed by atoms with Gasteiger partial charge in [-0.15, -0.1) is 0 Å². The molecule has 0 radical (unpaired) electrons. The molecule has 0 saturated carbocycles. The van der Waals surface area contributed by atoms with Crippen LogP contribution < -0.4 is 10.2 Å². The van der Waals surface area contributed by atoms with Crippen LogP contribution in [0.4, 0.5) is 11.6 Å². The van der Waals surface area contributed by atoms with Gasteiger partial charge in [-0.05, 0) is 21.0 Å². The van der Waals surface area contributed by atoms with E-state index in [1.54, 1.807) is 12.4 Å². The number of nitrogens with one attached hydrogen (secondary N) is 1. The zero-order valence-corrected chi connectivity index (χ0v) is 10.6. The van der Waals surface area contributed by atoms with E-state index in [0.29, 0.717) is 0 Å². The Hall–Kier alpha value is -1.36. The summed E-state index contributed by atoms with van der Waals surface area (Å²) in [5.41, 5.74) is 0. The fourth-order valence-electron chi connectivity index (χ4n) is 1.27. The molecule has 1 aromatic heterocycles. The first-order chi connectivity index (χ1) is 7.63. The lowest BCUT2D eigenvalue weighted by atomic mass is 10.5. The third kappa shape index (κ3) is 4.02. The van der Waals surface area contributed by atoms with Gasteiger partial charge >= 0.3 is 0 Å². The lowest BCUT2D eigenvalue weighted by Crippen LogP contribution is -2.29. The molecule has 1 heterocycles. The zero-order valence-electron chi connectivity index (χ0n) is 10.6. The molecule has 90 valence electrons. The summed E-state index contributed by atoms with van der Waals surface area (Å²) in [5.74, 6) is 1.73. The fourth-order valence-corrected chi connectivity index (χ4v) is 1.27. The molecule has 5 nitrogen and oxygen atoms in total. The van der Waals surface area contributed by atoms with Crippen molar-refractivity contribution in [3.63, 3.8) is 0 Å². The van der Waals surface area contributed by atoms with Crippen molar-refractivity contribution in [2.45, 2.75) is 6.92 Å². The summed E-state index contributed by atoms with van der Waals surface area (Å²) in [6, 6.07) is 0. The molecule has 0 aliphatic rings. The van der Waals surface area contributed by atoms with Crippen LogP contribution in [0.3, 0.4) is 0 Å². The highest BCUT2D eigenvalue weighted by atomic mass is 15.2. The van der Waals surface area contributed by atoms with Gasteiger partial charge in [0.2, 0.25) is 0 Å². The Morgan fingerprint density at radius 1 is 1.19 bits per heavy atom. The maximum absolute atomic E-state index is 4.47. The number of nitrogens with zero attached hydrogens (tertiary/aromatic N) is 4. The average Bonchev–Trinajstić information content (AvgIpc) is 2.26. The van der Waals surface area contributed by atoms with E-state index >= 15 is 0 Å². The number of rotatable bonds is 6. The first-order valence-electron chi connectivity index (χ1n) is 5.55. The molecule has 0 atom stereocenters. The van der Waals surface area contributed by atoms with E-state index in [4.69, 9.17) is 0 Å². The number of hydrogen-bond acceptors (Lipinski definition) is 5. The molecule has 0 saturated heterocycles. The van der Waals surface area contributed by atoms with Crippen molar-refractivity contribution in [2.75, 3.05) is 51.0 Å². The number of likely N-dealkylation sites (N-methyl/N-ethyl adjacent to an activating group) is 2. The highest BCUT2D eigenvalue weighted by Gasteiger charge is 2.04. The van der Waals surface area contributed by atoms with Gasteiger partial charge in [-0.25, -0.2) is 4.98 Å². The maximum atomic E-state index is 4.47. The highest BCUT2D eigenvalue weighted by molar-refractivity contribution is 5.43. The van der Waals surface area contributed by atoms with Crippen molar-refractivity contribution in [1.82, 2.24) is 14.9 Å². The summed E-state index contributed by atoms with van der Waals surface area (Å²) in [6.45, 7) is 4.85. The van der Waals surface area contributed by atoms with Gasteiger partial charge in [0, 0.05) is 26.7 Å². The summed E-state index contributed by atoms with van der Waals surface area (Å²) in [5, 5.41) is 3.16. The summed E-state index contributed by atoms with van der Waals surface area (Å²) < 4.78 is 0. The summed E-state index contributed by atoms with van der Waals surface area (Å²) in [4.78, 5) is 12.9. The maximum Gasteiger partial charge on any atom is 0.149 e. The first kappa shape index (κ1) is 12.7. The molecular weight excluding hydrogens is 202 g/mol. The highest BCUT2D eigenvalue weighted by Crippen LogP contribution is 2.10. The second-order valence-corrected chi connectivity index (χ2v) is 4.02. The van der Waals surface area contributed by atoms with E-state index in [9.17, 15) is 0 Å². The summed E-state index contributed by atoms with van der Waals surface area (Å²) in [7, 11) is 6.16. The van der Waals surface area contributed by atoms with Gasteiger partial charge in [-0.1, -0.05) is 0 Å². The van der Waals surface area contributed by atoms with Gasteiger partial charge in [-0.2, -0.15) is 0 Å². The molecule has 0 bridgehead atoms. The minimum atomic E-state index is 0.830. The molecular formula is C11H21N5. The SMILES string of the molecule is CCNc1cncc(N(C)CCN(C)C)n1. The summed E-state index contributed by atoms with van der Waals surface area (Å²) >= 11 is 0. The van der Waals surface area contributed by atoms with E-state index in [2.05, 4.69) is 39.2 Å². The van der Waals surface area contributed by atoms with Crippen LogP contribution in [0, 0.1) is 0 Å². The van der Waals surface area contributed by atoms with E-state index in [1.165, 1.54) is 0 Å². The molecule has 5 heteroatoms. The van der Waals surface area contributed by atoms with Crippen molar-refractivity contribution < 1.29 is 0 Å². The predicted octanol–water partition coefficient (Wildman–Crippen LogP) is 0.906. The van der Waals surface area contributed by atoms with Gasteiger partial charge in [0.25, 0.3) is 0 Å². The van der Waals surface area contributed by atoms with Gasteiger partial charge < -0.3 is 15.1 Å². The van der Waals surface area contributed by atoms with Crippen LogP contribution in [0.1, 0.15) is 6.92 Å². The third-order valence-corrected chi connectivity index (χ3v) is 2.25. The van der Waals surface area contributed by atoms with Crippen LogP contribution in [0.15, 0.2) is 12.4 Å². The number of anilines is 2. The van der Waals surface area contributed by atoms with Gasteiger partial charge in [0.1, 0.15) is 11.6 Å². The van der Waals surface area contributed by atoms with Crippen LogP contribution in [-0.2, 0) is 0 Å². The number of aromatic nitrogens is 2. The van der Waals surface area contributed by atoms with Gasteiger partial charge in [-0.3, -0.25) is 4.98 Å². The van der Waals surface area contributed by atoms with Crippen LogP contribution in [0.25, 0.3) is 0 Å². The van der Waals surface area contributed by atoms with Gasteiger partial charge in [0.05, 0.1) is 12.4 Å². The minimum absolute atomic E-state index is 0.830. The molecule has 1 N–H and O–H groups in total. The Labute approximate surface area is 97.5 Å². The smallest absolute Gasteiger partial charge is 0.149 e. The lowest BCUT2D eigenvalue weighted by molar-refractivity contribution is 0.416. The molecule has 0 aromatic carbocycles.